The van der Waals surface area contributed by atoms with Crippen molar-refractivity contribution in [1.29, 1.82) is 0 Å². The average molecular weight is 467 g/mol. The van der Waals surface area contributed by atoms with Crippen molar-refractivity contribution in [3.8, 4) is 0 Å². The first-order valence-corrected chi connectivity index (χ1v) is 10.9. The lowest BCUT2D eigenvalue weighted by molar-refractivity contribution is -0.138. The number of amides is 1. The zero-order chi connectivity index (χ0) is 24.5. The zero-order valence-corrected chi connectivity index (χ0v) is 18.8. The van der Waals surface area contributed by atoms with Crippen LogP contribution in [-0.2, 0) is 28.7 Å². The topological polar surface area (TPSA) is 46.6 Å². The van der Waals surface area contributed by atoms with E-state index in [0.717, 1.165) is 17.2 Å². The standard InChI is InChI=1S/C27H24F3NO3/c1-17-21-8-4-6-10-24(21)31(16-20-7-3-5-9-23(20)27(28,29)30)25(32)22(17)15-18-11-13-19(14-12-18)26(33)34-2/h3-14,17,22H,15-16H2,1-2H3/t17-,22+/m1/s1. The van der Waals surface area contributed by atoms with Gasteiger partial charge in [-0.05, 0) is 53.3 Å². The molecule has 4 nitrogen and oxygen atoms in total. The molecule has 1 aliphatic rings. The van der Waals surface area contributed by atoms with Gasteiger partial charge in [0.15, 0.2) is 0 Å². The number of hydrogen-bond acceptors (Lipinski definition) is 3. The number of fused-ring (bicyclic) bond motifs is 1. The SMILES string of the molecule is COC(=O)c1ccc(C[C@@H]2C(=O)N(Cc3ccccc3C(F)(F)F)c3ccccc3[C@H]2C)cc1. The van der Waals surface area contributed by atoms with Crippen LogP contribution in [0.15, 0.2) is 72.8 Å². The molecular formula is C27H24F3NO3. The minimum absolute atomic E-state index is 0.0499. The van der Waals surface area contributed by atoms with Gasteiger partial charge in [-0.2, -0.15) is 13.2 Å². The second-order valence-corrected chi connectivity index (χ2v) is 8.43. The van der Waals surface area contributed by atoms with Crippen LogP contribution in [0, 0.1) is 5.92 Å². The Hall–Kier alpha value is -3.61. The first-order valence-electron chi connectivity index (χ1n) is 10.9. The largest absolute Gasteiger partial charge is 0.465 e. The maximum absolute atomic E-state index is 13.7. The number of benzene rings is 3. The van der Waals surface area contributed by atoms with Crippen molar-refractivity contribution in [3.63, 3.8) is 0 Å². The van der Waals surface area contributed by atoms with Crippen molar-refractivity contribution in [2.45, 2.75) is 32.0 Å². The molecule has 0 saturated carbocycles. The average Bonchev–Trinajstić information content (AvgIpc) is 2.84. The number of methoxy groups -OCH3 is 1. The number of hydrogen-bond donors (Lipinski definition) is 0. The van der Waals surface area contributed by atoms with Crippen molar-refractivity contribution in [2.24, 2.45) is 5.92 Å². The van der Waals surface area contributed by atoms with Crippen LogP contribution in [-0.4, -0.2) is 19.0 Å². The van der Waals surface area contributed by atoms with Gasteiger partial charge in [0.2, 0.25) is 5.91 Å². The van der Waals surface area contributed by atoms with Crippen LogP contribution >= 0.6 is 0 Å². The highest BCUT2D eigenvalue weighted by molar-refractivity contribution is 5.99. The quantitative estimate of drug-likeness (QED) is 0.433. The number of ether oxygens (including phenoxy) is 1. The van der Waals surface area contributed by atoms with Crippen LogP contribution in [0.4, 0.5) is 18.9 Å². The molecule has 176 valence electrons. The summed E-state index contributed by atoms with van der Waals surface area (Å²) in [4.78, 5) is 26.8. The molecule has 0 unspecified atom stereocenters. The Morgan fingerprint density at radius 2 is 1.62 bits per heavy atom. The van der Waals surface area contributed by atoms with Gasteiger partial charge in [-0.15, -0.1) is 0 Å². The number of halogens is 3. The molecule has 2 atom stereocenters. The molecule has 0 bridgehead atoms. The molecule has 34 heavy (non-hydrogen) atoms. The van der Waals surface area contributed by atoms with E-state index in [1.807, 2.05) is 19.1 Å². The van der Waals surface area contributed by atoms with Gasteiger partial charge in [-0.3, -0.25) is 4.79 Å². The summed E-state index contributed by atoms with van der Waals surface area (Å²) < 4.78 is 45.5. The van der Waals surface area contributed by atoms with Gasteiger partial charge in [0.05, 0.1) is 24.8 Å². The van der Waals surface area contributed by atoms with E-state index in [2.05, 4.69) is 0 Å². The number of anilines is 1. The Labute approximate surface area is 196 Å². The minimum Gasteiger partial charge on any atom is -0.465 e. The predicted octanol–water partition coefficient (Wildman–Crippen LogP) is 6.00. The Morgan fingerprint density at radius 3 is 2.29 bits per heavy atom. The van der Waals surface area contributed by atoms with Crippen LogP contribution in [0.5, 0.6) is 0 Å². The van der Waals surface area contributed by atoms with Gasteiger partial charge in [0.1, 0.15) is 0 Å². The molecule has 0 aromatic heterocycles. The molecule has 3 aromatic carbocycles. The van der Waals surface area contributed by atoms with E-state index < -0.39 is 23.6 Å². The lowest BCUT2D eigenvalue weighted by Crippen LogP contribution is -2.43. The molecule has 0 N–H and O–H groups in total. The molecule has 4 rings (SSSR count). The van der Waals surface area contributed by atoms with Crippen LogP contribution in [0.1, 0.15) is 45.5 Å². The number of esters is 1. The van der Waals surface area contributed by atoms with E-state index in [9.17, 15) is 22.8 Å². The van der Waals surface area contributed by atoms with E-state index >= 15 is 0 Å². The summed E-state index contributed by atoms with van der Waals surface area (Å²) >= 11 is 0. The summed E-state index contributed by atoms with van der Waals surface area (Å²) in [7, 11) is 1.31. The normalized spacial score (nSPS) is 17.9. The van der Waals surface area contributed by atoms with E-state index in [4.69, 9.17) is 4.74 Å². The predicted molar refractivity (Wildman–Crippen MR) is 122 cm³/mol. The summed E-state index contributed by atoms with van der Waals surface area (Å²) in [5.74, 6) is -1.26. The van der Waals surface area contributed by atoms with Gasteiger partial charge < -0.3 is 9.64 Å². The maximum atomic E-state index is 13.7. The molecule has 0 saturated heterocycles. The molecule has 1 amide bonds. The number of carbonyl (C=O) groups is 2. The molecule has 0 aliphatic carbocycles. The molecule has 7 heteroatoms. The first-order chi connectivity index (χ1) is 16.2. The second-order valence-electron chi connectivity index (χ2n) is 8.43. The minimum atomic E-state index is -4.51. The number of carbonyl (C=O) groups excluding carboxylic acids is 2. The van der Waals surface area contributed by atoms with Crippen LogP contribution in [0.3, 0.4) is 0 Å². The fourth-order valence-electron chi connectivity index (χ4n) is 4.55. The zero-order valence-electron chi connectivity index (χ0n) is 18.8. The molecular weight excluding hydrogens is 443 g/mol. The molecule has 0 fully saturated rings. The van der Waals surface area contributed by atoms with Gasteiger partial charge in [0, 0.05) is 11.6 Å². The third-order valence-corrected chi connectivity index (χ3v) is 6.39. The van der Waals surface area contributed by atoms with Crippen molar-refractivity contribution in [2.75, 3.05) is 12.0 Å². The van der Waals surface area contributed by atoms with Crippen molar-refractivity contribution < 1.29 is 27.5 Å². The van der Waals surface area contributed by atoms with Crippen molar-refractivity contribution in [1.82, 2.24) is 0 Å². The van der Waals surface area contributed by atoms with E-state index in [1.54, 1.807) is 42.5 Å². The van der Waals surface area contributed by atoms with E-state index in [1.165, 1.54) is 24.1 Å². The van der Waals surface area contributed by atoms with Crippen LogP contribution < -0.4 is 4.90 Å². The second kappa shape index (κ2) is 9.33. The molecule has 3 aromatic rings. The summed E-state index contributed by atoms with van der Waals surface area (Å²) in [6.45, 7) is 1.79. The summed E-state index contributed by atoms with van der Waals surface area (Å²) in [5, 5.41) is 0. The molecule has 1 heterocycles. The van der Waals surface area contributed by atoms with Crippen molar-refractivity contribution in [3.05, 3.63) is 101 Å². The lowest BCUT2D eigenvalue weighted by Gasteiger charge is -2.38. The highest BCUT2D eigenvalue weighted by atomic mass is 19.4. The Kier molecular flexibility index (Phi) is 6.46. The highest BCUT2D eigenvalue weighted by Gasteiger charge is 2.39. The maximum Gasteiger partial charge on any atom is 0.416 e. The smallest absolute Gasteiger partial charge is 0.416 e. The van der Waals surface area contributed by atoms with E-state index in [-0.39, 0.29) is 23.9 Å². The van der Waals surface area contributed by atoms with Gasteiger partial charge in [-0.1, -0.05) is 55.5 Å². The Bertz CT molecular complexity index is 1200. The first kappa shape index (κ1) is 23.5. The Morgan fingerprint density at radius 1 is 0.971 bits per heavy atom. The molecule has 0 radical (unpaired) electrons. The third-order valence-electron chi connectivity index (χ3n) is 6.39. The highest BCUT2D eigenvalue weighted by Crippen LogP contribution is 2.42. The number of para-hydroxylation sites is 1. The summed E-state index contributed by atoms with van der Waals surface area (Å²) in [6.07, 6.45) is -4.11. The number of alkyl halides is 3. The molecule has 0 spiro atoms. The lowest BCUT2D eigenvalue weighted by atomic mass is 9.78. The van der Waals surface area contributed by atoms with Gasteiger partial charge in [0.25, 0.3) is 0 Å². The molecule has 1 aliphatic heterocycles. The fourth-order valence-corrected chi connectivity index (χ4v) is 4.55. The summed E-state index contributed by atoms with van der Waals surface area (Å²) in [6, 6.07) is 19.5. The van der Waals surface area contributed by atoms with Crippen molar-refractivity contribution >= 4 is 17.6 Å². The number of rotatable bonds is 5. The third kappa shape index (κ3) is 4.55. The summed E-state index contributed by atoms with van der Waals surface area (Å²) in [5.41, 5.74) is 2.12. The fraction of sp³-hybridized carbons (Fsp3) is 0.259. The Balaban J connectivity index is 1.68. The monoisotopic (exact) mass is 467 g/mol. The number of nitrogens with zero attached hydrogens (tertiary/aromatic N) is 1. The van der Waals surface area contributed by atoms with Crippen LogP contribution in [0.2, 0.25) is 0 Å². The van der Waals surface area contributed by atoms with Crippen LogP contribution in [0.25, 0.3) is 0 Å². The van der Waals surface area contributed by atoms with Gasteiger partial charge in [-0.25, -0.2) is 4.79 Å². The van der Waals surface area contributed by atoms with Gasteiger partial charge >= 0.3 is 12.1 Å². The van der Waals surface area contributed by atoms with E-state index in [0.29, 0.717) is 17.7 Å².